The molecule has 2 atom stereocenters. The normalized spacial score (nSPS) is 14.2. The van der Waals surface area contributed by atoms with Crippen molar-refractivity contribution in [3.8, 4) is 0 Å². The van der Waals surface area contributed by atoms with Gasteiger partial charge in [0.15, 0.2) is 0 Å². The number of methoxy groups -OCH3 is 1. The quantitative estimate of drug-likeness (QED) is 0.493. The van der Waals surface area contributed by atoms with Crippen molar-refractivity contribution < 1.29 is 19.4 Å². The van der Waals surface area contributed by atoms with Crippen LogP contribution in [0.15, 0.2) is 0 Å². The fourth-order valence-corrected chi connectivity index (χ4v) is 1.05. The number of nitrogens with two attached hydrogens (primary N) is 1. The molecule has 1 amide bonds. The van der Waals surface area contributed by atoms with Gasteiger partial charge in [-0.25, -0.2) is 0 Å². The lowest BCUT2D eigenvalue weighted by Crippen LogP contribution is -2.43. The van der Waals surface area contributed by atoms with Crippen molar-refractivity contribution in [1.82, 2.24) is 5.32 Å². The highest BCUT2D eigenvalue weighted by molar-refractivity contribution is 5.82. The van der Waals surface area contributed by atoms with E-state index < -0.39 is 17.9 Å². The van der Waals surface area contributed by atoms with Gasteiger partial charge in [-0.1, -0.05) is 6.92 Å². The highest BCUT2D eigenvalue weighted by atomic mass is 16.5. The van der Waals surface area contributed by atoms with Gasteiger partial charge in [-0.2, -0.15) is 0 Å². The van der Waals surface area contributed by atoms with E-state index in [1.54, 1.807) is 7.11 Å². The third-order valence-corrected chi connectivity index (χ3v) is 2.20. The van der Waals surface area contributed by atoms with Gasteiger partial charge in [0, 0.05) is 20.3 Å². The van der Waals surface area contributed by atoms with Crippen molar-refractivity contribution in [3.05, 3.63) is 0 Å². The Morgan fingerprint density at radius 2 is 2.12 bits per heavy atom. The Labute approximate surface area is 95.1 Å². The fraction of sp³-hybridized carbons (Fsp3) is 0.800. The van der Waals surface area contributed by atoms with Crippen LogP contribution in [0.4, 0.5) is 0 Å². The van der Waals surface area contributed by atoms with Crippen LogP contribution in [0.3, 0.4) is 0 Å². The first-order valence-electron chi connectivity index (χ1n) is 5.24. The van der Waals surface area contributed by atoms with Crippen LogP contribution in [0.2, 0.25) is 0 Å². The molecule has 0 aromatic rings. The molecular weight excluding hydrogens is 212 g/mol. The van der Waals surface area contributed by atoms with Crippen molar-refractivity contribution in [1.29, 1.82) is 0 Å². The van der Waals surface area contributed by atoms with Crippen LogP contribution in [-0.4, -0.2) is 43.3 Å². The maximum absolute atomic E-state index is 11.4. The molecule has 4 N–H and O–H groups in total. The van der Waals surface area contributed by atoms with E-state index in [4.69, 9.17) is 15.6 Å². The Bertz CT molecular complexity index is 233. The zero-order chi connectivity index (χ0) is 12.6. The second kappa shape index (κ2) is 8.06. The number of hydrogen-bond donors (Lipinski definition) is 3. The van der Waals surface area contributed by atoms with Crippen LogP contribution in [0, 0.1) is 5.92 Å². The summed E-state index contributed by atoms with van der Waals surface area (Å²) in [6.45, 7) is 2.19. The summed E-state index contributed by atoms with van der Waals surface area (Å²) in [5.41, 5.74) is 5.61. The lowest BCUT2D eigenvalue weighted by atomic mass is 10.1. The van der Waals surface area contributed by atoms with E-state index in [0.717, 1.165) is 0 Å². The number of ether oxygens (including phenoxy) is 1. The average Bonchev–Trinajstić information content (AvgIpc) is 2.25. The molecule has 0 aliphatic heterocycles. The molecule has 0 aromatic carbocycles. The Balaban J connectivity index is 3.74. The number of hydrogen-bond acceptors (Lipinski definition) is 4. The molecule has 0 radical (unpaired) electrons. The second-order valence-corrected chi connectivity index (χ2v) is 3.73. The van der Waals surface area contributed by atoms with Crippen LogP contribution in [0.5, 0.6) is 0 Å². The monoisotopic (exact) mass is 232 g/mol. The summed E-state index contributed by atoms with van der Waals surface area (Å²) in [5, 5.41) is 11.1. The van der Waals surface area contributed by atoms with Gasteiger partial charge in [-0.05, 0) is 12.8 Å². The van der Waals surface area contributed by atoms with Crippen molar-refractivity contribution in [3.63, 3.8) is 0 Å². The summed E-state index contributed by atoms with van der Waals surface area (Å²) in [5.74, 6) is -1.85. The predicted molar refractivity (Wildman–Crippen MR) is 58.9 cm³/mol. The number of carboxylic acid groups (broad SMARTS) is 1. The topological polar surface area (TPSA) is 102 Å². The predicted octanol–water partition coefficient (Wildman–Crippen LogP) is -0.423. The largest absolute Gasteiger partial charge is 0.481 e. The highest BCUT2D eigenvalue weighted by Crippen LogP contribution is 1.96. The first kappa shape index (κ1) is 14.9. The minimum Gasteiger partial charge on any atom is -0.481 e. The van der Waals surface area contributed by atoms with Crippen molar-refractivity contribution in [2.75, 3.05) is 20.3 Å². The molecule has 0 fully saturated rings. The molecule has 2 unspecified atom stereocenters. The first-order chi connectivity index (χ1) is 7.49. The van der Waals surface area contributed by atoms with E-state index in [0.29, 0.717) is 19.4 Å². The number of aliphatic carboxylic acids is 1. The molecule has 0 saturated carbocycles. The fourth-order valence-electron chi connectivity index (χ4n) is 1.05. The summed E-state index contributed by atoms with van der Waals surface area (Å²) < 4.78 is 4.84. The van der Waals surface area contributed by atoms with Crippen LogP contribution in [0.1, 0.15) is 19.8 Å². The van der Waals surface area contributed by atoms with Crippen molar-refractivity contribution in [2.24, 2.45) is 11.7 Å². The lowest BCUT2D eigenvalue weighted by molar-refractivity contribution is -0.141. The summed E-state index contributed by atoms with van der Waals surface area (Å²) in [7, 11) is 1.58. The van der Waals surface area contributed by atoms with Gasteiger partial charge < -0.3 is 20.9 Å². The molecule has 0 aliphatic carbocycles. The molecule has 6 heteroatoms. The molecule has 0 saturated heterocycles. The molecular formula is C10H20N2O4. The number of rotatable bonds is 8. The molecule has 6 nitrogen and oxygen atoms in total. The minimum atomic E-state index is -0.937. The zero-order valence-electron chi connectivity index (χ0n) is 9.73. The Kier molecular flexibility index (Phi) is 7.49. The van der Waals surface area contributed by atoms with Gasteiger partial charge in [0.1, 0.15) is 0 Å². The van der Waals surface area contributed by atoms with E-state index in [1.165, 1.54) is 6.92 Å². The number of carbonyl (C=O) groups excluding carboxylic acids is 1. The van der Waals surface area contributed by atoms with E-state index in [-0.39, 0.29) is 12.5 Å². The van der Waals surface area contributed by atoms with Crippen molar-refractivity contribution >= 4 is 11.9 Å². The highest BCUT2D eigenvalue weighted by Gasteiger charge is 2.16. The third kappa shape index (κ3) is 6.36. The average molecular weight is 232 g/mol. The smallest absolute Gasteiger partial charge is 0.308 e. The summed E-state index contributed by atoms with van der Waals surface area (Å²) in [6.07, 6.45) is 1.24. The lowest BCUT2D eigenvalue weighted by Gasteiger charge is -2.13. The Morgan fingerprint density at radius 1 is 1.50 bits per heavy atom. The van der Waals surface area contributed by atoms with Gasteiger partial charge in [-0.3, -0.25) is 9.59 Å². The summed E-state index contributed by atoms with van der Waals surface area (Å²) in [6, 6.07) is -0.601. The molecule has 16 heavy (non-hydrogen) atoms. The number of amides is 1. The molecule has 0 aromatic heterocycles. The maximum atomic E-state index is 11.4. The molecule has 0 bridgehead atoms. The van der Waals surface area contributed by atoms with Gasteiger partial charge in [0.25, 0.3) is 0 Å². The van der Waals surface area contributed by atoms with Gasteiger partial charge >= 0.3 is 5.97 Å². The Morgan fingerprint density at radius 3 is 2.62 bits per heavy atom. The number of nitrogens with one attached hydrogen (secondary N) is 1. The molecule has 0 aliphatic rings. The van der Waals surface area contributed by atoms with Gasteiger partial charge in [0.2, 0.25) is 5.91 Å². The Hall–Kier alpha value is -1.14. The van der Waals surface area contributed by atoms with Crippen LogP contribution >= 0.6 is 0 Å². The minimum absolute atomic E-state index is 0.103. The zero-order valence-corrected chi connectivity index (χ0v) is 9.73. The molecule has 94 valence electrons. The van der Waals surface area contributed by atoms with Crippen LogP contribution in [0.25, 0.3) is 0 Å². The SMILES string of the molecule is COCCCC(N)C(=O)NCC(C)C(=O)O. The van der Waals surface area contributed by atoms with E-state index in [1.807, 2.05) is 0 Å². The van der Waals surface area contributed by atoms with E-state index >= 15 is 0 Å². The summed E-state index contributed by atoms with van der Waals surface area (Å²) >= 11 is 0. The van der Waals surface area contributed by atoms with Gasteiger partial charge in [0.05, 0.1) is 12.0 Å². The second-order valence-electron chi connectivity index (χ2n) is 3.73. The third-order valence-electron chi connectivity index (χ3n) is 2.20. The molecule has 0 spiro atoms. The van der Waals surface area contributed by atoms with Crippen LogP contribution in [-0.2, 0) is 14.3 Å². The van der Waals surface area contributed by atoms with Gasteiger partial charge in [-0.15, -0.1) is 0 Å². The number of carbonyl (C=O) groups is 2. The standard InChI is InChI=1S/C10H20N2O4/c1-7(10(14)15)6-12-9(13)8(11)4-3-5-16-2/h7-8H,3-6,11H2,1-2H3,(H,12,13)(H,14,15). The maximum Gasteiger partial charge on any atom is 0.308 e. The summed E-state index contributed by atoms with van der Waals surface area (Å²) in [4.78, 5) is 21.9. The van der Waals surface area contributed by atoms with E-state index in [2.05, 4.69) is 5.32 Å². The molecule has 0 heterocycles. The first-order valence-corrected chi connectivity index (χ1v) is 5.24. The van der Waals surface area contributed by atoms with Crippen LogP contribution < -0.4 is 11.1 Å². The van der Waals surface area contributed by atoms with Crippen molar-refractivity contribution in [2.45, 2.75) is 25.8 Å². The van der Waals surface area contributed by atoms with E-state index in [9.17, 15) is 9.59 Å². The number of carboxylic acids is 1. The molecule has 0 rings (SSSR count).